The summed E-state index contributed by atoms with van der Waals surface area (Å²) in [6.07, 6.45) is 0. The average molecular weight is 407 g/mol. The Morgan fingerprint density at radius 2 is 1.67 bits per heavy atom. The van der Waals surface area contributed by atoms with Gasteiger partial charge in [0, 0.05) is 30.2 Å². The van der Waals surface area contributed by atoms with Crippen LogP contribution in [0, 0.1) is 0 Å². The third-order valence-corrected chi connectivity index (χ3v) is 5.71. The van der Waals surface area contributed by atoms with Gasteiger partial charge in [-0.05, 0) is 48.5 Å². The summed E-state index contributed by atoms with van der Waals surface area (Å²) in [5.74, 6) is -0.274. The molecule has 0 fully saturated rings. The Bertz CT molecular complexity index is 1060. The molecule has 0 saturated carbocycles. The molecule has 27 heavy (non-hydrogen) atoms. The number of aromatic nitrogens is 2. The zero-order chi connectivity index (χ0) is 19.6. The van der Waals surface area contributed by atoms with Gasteiger partial charge in [0.15, 0.2) is 0 Å². The fraction of sp³-hybridized carbons (Fsp3) is 0.118. The van der Waals surface area contributed by atoms with Crippen LogP contribution in [0.2, 0.25) is 5.02 Å². The van der Waals surface area contributed by atoms with Gasteiger partial charge in [-0.25, -0.2) is 12.7 Å². The van der Waals surface area contributed by atoms with Crippen LogP contribution in [0.1, 0.15) is 10.4 Å². The first-order chi connectivity index (χ1) is 12.8. The summed E-state index contributed by atoms with van der Waals surface area (Å²) in [5, 5.41) is 10.6. The number of anilines is 1. The summed E-state index contributed by atoms with van der Waals surface area (Å²) in [5.41, 5.74) is 0.907. The summed E-state index contributed by atoms with van der Waals surface area (Å²) < 4.78 is 30.7. The van der Waals surface area contributed by atoms with Gasteiger partial charge in [-0.15, -0.1) is 5.10 Å². The molecule has 0 unspecified atom stereocenters. The second kappa shape index (κ2) is 7.47. The number of amides is 1. The van der Waals surface area contributed by atoms with E-state index in [1.54, 1.807) is 36.4 Å². The van der Waals surface area contributed by atoms with Crippen molar-refractivity contribution >= 4 is 33.5 Å². The summed E-state index contributed by atoms with van der Waals surface area (Å²) in [6.45, 7) is 0. The minimum atomic E-state index is -3.52. The predicted octanol–water partition coefficient (Wildman–Crippen LogP) is 2.89. The maximum atomic E-state index is 12.1. The van der Waals surface area contributed by atoms with E-state index in [1.807, 2.05) is 0 Å². The fourth-order valence-corrected chi connectivity index (χ4v) is 3.17. The predicted molar refractivity (Wildman–Crippen MR) is 100 cm³/mol. The standard InChI is InChI=1S/C17H15ClN4O4S/c1-22(2)27(24,25)14-9-5-12(6-10-14)16-20-21-17(26-16)19-15(23)11-3-7-13(18)8-4-11/h3-10H,1-2H3,(H,19,21,23). The lowest BCUT2D eigenvalue weighted by Gasteiger charge is -2.11. The summed E-state index contributed by atoms with van der Waals surface area (Å²) in [4.78, 5) is 12.3. The van der Waals surface area contributed by atoms with E-state index in [1.165, 1.54) is 26.2 Å². The topological polar surface area (TPSA) is 105 Å². The van der Waals surface area contributed by atoms with E-state index in [-0.39, 0.29) is 16.8 Å². The van der Waals surface area contributed by atoms with Crippen LogP contribution in [0.3, 0.4) is 0 Å². The lowest BCUT2D eigenvalue weighted by molar-refractivity contribution is 0.102. The van der Waals surface area contributed by atoms with Crippen LogP contribution in [0.25, 0.3) is 11.5 Å². The Morgan fingerprint density at radius 3 is 2.26 bits per heavy atom. The van der Waals surface area contributed by atoms with Gasteiger partial charge in [0.05, 0.1) is 4.90 Å². The molecule has 1 N–H and O–H groups in total. The number of hydrogen-bond acceptors (Lipinski definition) is 6. The van der Waals surface area contributed by atoms with Gasteiger partial charge in [-0.1, -0.05) is 16.7 Å². The first kappa shape index (κ1) is 19.0. The average Bonchev–Trinajstić information content (AvgIpc) is 3.10. The van der Waals surface area contributed by atoms with Crippen LogP contribution in [-0.2, 0) is 10.0 Å². The number of nitrogens with zero attached hydrogens (tertiary/aromatic N) is 3. The Morgan fingerprint density at radius 1 is 1.04 bits per heavy atom. The van der Waals surface area contributed by atoms with Crippen molar-refractivity contribution in [2.45, 2.75) is 4.90 Å². The minimum absolute atomic E-state index is 0.0741. The quantitative estimate of drug-likeness (QED) is 0.698. The van der Waals surface area contributed by atoms with Gasteiger partial charge >= 0.3 is 6.01 Å². The van der Waals surface area contributed by atoms with Crippen molar-refractivity contribution in [2.24, 2.45) is 0 Å². The molecule has 0 radical (unpaired) electrons. The molecule has 1 heterocycles. The second-order valence-corrected chi connectivity index (χ2v) is 8.27. The second-order valence-electron chi connectivity index (χ2n) is 5.69. The molecule has 1 aromatic heterocycles. The van der Waals surface area contributed by atoms with Crippen LogP contribution in [0.5, 0.6) is 0 Å². The van der Waals surface area contributed by atoms with Crippen LogP contribution < -0.4 is 5.32 Å². The SMILES string of the molecule is CN(C)S(=O)(=O)c1ccc(-c2nnc(NC(=O)c3ccc(Cl)cc3)o2)cc1. The lowest BCUT2D eigenvalue weighted by atomic mass is 10.2. The molecule has 2 aromatic carbocycles. The number of nitrogens with one attached hydrogen (secondary N) is 1. The van der Waals surface area contributed by atoms with Crippen molar-refractivity contribution in [2.75, 3.05) is 19.4 Å². The molecule has 0 atom stereocenters. The number of sulfonamides is 1. The molecule has 8 nitrogen and oxygen atoms in total. The van der Waals surface area contributed by atoms with E-state index in [0.717, 1.165) is 4.31 Å². The van der Waals surface area contributed by atoms with Crippen molar-refractivity contribution in [3.8, 4) is 11.5 Å². The molecule has 0 aliphatic carbocycles. The molecule has 0 bridgehead atoms. The largest absolute Gasteiger partial charge is 0.403 e. The van der Waals surface area contributed by atoms with Crippen molar-refractivity contribution in [3.05, 3.63) is 59.1 Å². The first-order valence-electron chi connectivity index (χ1n) is 7.71. The van der Waals surface area contributed by atoms with E-state index in [4.69, 9.17) is 16.0 Å². The van der Waals surface area contributed by atoms with Crippen molar-refractivity contribution < 1.29 is 17.6 Å². The summed E-state index contributed by atoms with van der Waals surface area (Å²) in [6, 6.07) is 12.2. The molecular weight excluding hydrogens is 392 g/mol. The molecule has 0 aliphatic heterocycles. The normalized spacial score (nSPS) is 11.6. The minimum Gasteiger partial charge on any atom is -0.403 e. The van der Waals surface area contributed by atoms with E-state index in [9.17, 15) is 13.2 Å². The maximum Gasteiger partial charge on any atom is 0.322 e. The van der Waals surface area contributed by atoms with Gasteiger partial charge in [0.25, 0.3) is 5.91 Å². The highest BCUT2D eigenvalue weighted by Gasteiger charge is 2.18. The molecule has 3 aromatic rings. The number of rotatable bonds is 5. The maximum absolute atomic E-state index is 12.1. The summed E-state index contributed by atoms with van der Waals surface area (Å²) >= 11 is 5.79. The molecular formula is C17H15ClN4O4S. The van der Waals surface area contributed by atoms with Crippen LogP contribution in [-0.4, -0.2) is 42.9 Å². The number of benzene rings is 2. The van der Waals surface area contributed by atoms with Crippen molar-refractivity contribution in [3.63, 3.8) is 0 Å². The van der Waals surface area contributed by atoms with Crippen LogP contribution in [0.4, 0.5) is 6.01 Å². The highest BCUT2D eigenvalue weighted by molar-refractivity contribution is 7.89. The zero-order valence-electron chi connectivity index (χ0n) is 14.4. The van der Waals surface area contributed by atoms with Gasteiger partial charge in [-0.2, -0.15) is 0 Å². The number of carbonyl (C=O) groups is 1. The van der Waals surface area contributed by atoms with Crippen molar-refractivity contribution in [1.82, 2.24) is 14.5 Å². The Kier molecular flexibility index (Phi) is 5.26. The number of halogens is 1. The fourth-order valence-electron chi connectivity index (χ4n) is 2.14. The van der Waals surface area contributed by atoms with Crippen LogP contribution in [0.15, 0.2) is 57.8 Å². The highest BCUT2D eigenvalue weighted by atomic mass is 35.5. The first-order valence-corrected chi connectivity index (χ1v) is 9.52. The van der Waals surface area contributed by atoms with Gasteiger partial charge in [0.2, 0.25) is 15.9 Å². The van der Waals surface area contributed by atoms with E-state index in [2.05, 4.69) is 15.5 Å². The zero-order valence-corrected chi connectivity index (χ0v) is 16.0. The molecule has 140 valence electrons. The van der Waals surface area contributed by atoms with E-state index in [0.29, 0.717) is 16.1 Å². The van der Waals surface area contributed by atoms with E-state index < -0.39 is 15.9 Å². The number of carbonyl (C=O) groups excluding carboxylic acids is 1. The van der Waals surface area contributed by atoms with Crippen LogP contribution >= 0.6 is 11.6 Å². The van der Waals surface area contributed by atoms with Gasteiger partial charge < -0.3 is 4.42 Å². The lowest BCUT2D eigenvalue weighted by Crippen LogP contribution is -2.22. The molecule has 1 amide bonds. The smallest absolute Gasteiger partial charge is 0.322 e. The van der Waals surface area contributed by atoms with Crippen molar-refractivity contribution in [1.29, 1.82) is 0 Å². The molecule has 0 saturated heterocycles. The highest BCUT2D eigenvalue weighted by Crippen LogP contribution is 2.23. The summed E-state index contributed by atoms with van der Waals surface area (Å²) in [7, 11) is -0.609. The molecule has 0 aliphatic rings. The van der Waals surface area contributed by atoms with Gasteiger partial charge in [0.1, 0.15) is 0 Å². The molecule has 10 heteroatoms. The third kappa shape index (κ3) is 4.16. The van der Waals surface area contributed by atoms with E-state index >= 15 is 0 Å². The molecule has 3 rings (SSSR count). The third-order valence-electron chi connectivity index (χ3n) is 3.63. The Labute approximate surface area is 160 Å². The number of hydrogen-bond donors (Lipinski definition) is 1. The van der Waals surface area contributed by atoms with Gasteiger partial charge in [-0.3, -0.25) is 10.1 Å². The Balaban J connectivity index is 1.76. The Hall–Kier alpha value is -2.75. The monoisotopic (exact) mass is 406 g/mol. The molecule has 0 spiro atoms.